The summed E-state index contributed by atoms with van der Waals surface area (Å²) in [7, 11) is 1.54. The lowest BCUT2D eigenvalue weighted by molar-refractivity contribution is -0.149. The number of hydrogen-bond acceptors (Lipinski definition) is 7. The van der Waals surface area contributed by atoms with Crippen molar-refractivity contribution in [1.29, 1.82) is 0 Å². The van der Waals surface area contributed by atoms with Crippen LogP contribution in [0.3, 0.4) is 0 Å². The largest absolute Gasteiger partial charge is 0.477 e. The van der Waals surface area contributed by atoms with Gasteiger partial charge in [-0.15, -0.1) is 11.8 Å². The first-order valence-corrected chi connectivity index (χ1v) is 9.16. The minimum atomic E-state index is -1.30. The fourth-order valence-electron chi connectivity index (χ4n) is 2.86. The van der Waals surface area contributed by atoms with Crippen molar-refractivity contribution >= 4 is 47.1 Å². The molecule has 0 saturated carbocycles. The number of thioether (sulfide) groups is 1. The van der Waals surface area contributed by atoms with Gasteiger partial charge in [0.2, 0.25) is 0 Å². The number of aryl methyl sites for hydroxylation is 1. The molecular formula is C15H15ClN4O6S. The summed E-state index contributed by atoms with van der Waals surface area (Å²) in [6.07, 6.45) is 1.31. The van der Waals surface area contributed by atoms with Crippen molar-refractivity contribution in [2.75, 3.05) is 12.4 Å². The Balaban J connectivity index is 1.78. The van der Waals surface area contributed by atoms with Gasteiger partial charge in [0.15, 0.2) is 0 Å². The molecule has 3 heterocycles. The van der Waals surface area contributed by atoms with E-state index in [0.29, 0.717) is 5.57 Å². The monoisotopic (exact) mass is 414 g/mol. The number of carboxylic acids is 1. The van der Waals surface area contributed by atoms with Crippen molar-refractivity contribution in [1.82, 2.24) is 20.0 Å². The summed E-state index contributed by atoms with van der Waals surface area (Å²) in [4.78, 5) is 48.6. The molecule has 0 radical (unpaired) electrons. The number of rotatable bonds is 5. The zero-order chi connectivity index (χ0) is 19.9. The Bertz CT molecular complexity index is 862. The van der Waals surface area contributed by atoms with Gasteiger partial charge < -0.3 is 15.2 Å². The fraction of sp³-hybridized carbons (Fsp3) is 0.400. The molecule has 2 amide bonds. The highest BCUT2D eigenvalue weighted by Gasteiger charge is 2.54. The van der Waals surface area contributed by atoms with E-state index in [-0.39, 0.29) is 28.8 Å². The van der Waals surface area contributed by atoms with Crippen LogP contribution in [0.4, 0.5) is 0 Å². The lowest BCUT2D eigenvalue weighted by Gasteiger charge is -2.49. The normalized spacial score (nSPS) is 21.4. The molecule has 2 N–H and O–H groups in total. The molecule has 2 atom stereocenters. The number of fused-ring (bicyclic) bond motifs is 1. The van der Waals surface area contributed by atoms with Gasteiger partial charge in [0.1, 0.15) is 29.4 Å². The van der Waals surface area contributed by atoms with Crippen LogP contribution in [0.15, 0.2) is 17.5 Å². The van der Waals surface area contributed by atoms with E-state index >= 15 is 0 Å². The number of halogens is 1. The van der Waals surface area contributed by atoms with E-state index in [9.17, 15) is 24.3 Å². The summed E-state index contributed by atoms with van der Waals surface area (Å²) in [6.45, 7) is 1.01. The average Bonchev–Trinajstić information content (AvgIpc) is 2.94. The van der Waals surface area contributed by atoms with Gasteiger partial charge in [-0.25, -0.2) is 4.79 Å². The number of carboxylic acid groups (broad SMARTS) is 1. The Labute approximate surface area is 162 Å². The van der Waals surface area contributed by atoms with Crippen LogP contribution in [0, 0.1) is 0 Å². The van der Waals surface area contributed by atoms with Crippen molar-refractivity contribution in [3.63, 3.8) is 0 Å². The number of carbonyl (C=O) groups excluding carboxylic acids is 3. The van der Waals surface area contributed by atoms with Crippen molar-refractivity contribution in [3.05, 3.63) is 28.2 Å². The van der Waals surface area contributed by atoms with Crippen molar-refractivity contribution in [3.8, 4) is 0 Å². The third-order valence-electron chi connectivity index (χ3n) is 4.10. The molecule has 27 heavy (non-hydrogen) atoms. The summed E-state index contributed by atoms with van der Waals surface area (Å²) >= 11 is 7.21. The molecule has 10 nitrogen and oxygen atoms in total. The van der Waals surface area contributed by atoms with E-state index in [4.69, 9.17) is 16.3 Å². The summed E-state index contributed by atoms with van der Waals surface area (Å²) in [5, 5.41) is 15.5. The van der Waals surface area contributed by atoms with Crippen molar-refractivity contribution < 1.29 is 29.0 Å². The Hall–Kier alpha value is -2.53. The fourth-order valence-corrected chi connectivity index (χ4v) is 4.44. The molecule has 0 spiro atoms. The van der Waals surface area contributed by atoms with Crippen LogP contribution in [-0.2, 0) is 26.2 Å². The Morgan fingerprint density at radius 1 is 1.48 bits per heavy atom. The van der Waals surface area contributed by atoms with Gasteiger partial charge >= 0.3 is 11.9 Å². The van der Waals surface area contributed by atoms with E-state index in [0.717, 1.165) is 4.90 Å². The van der Waals surface area contributed by atoms with E-state index < -0.39 is 35.2 Å². The highest BCUT2D eigenvalue weighted by molar-refractivity contribution is 8.00. The van der Waals surface area contributed by atoms with E-state index in [1.54, 1.807) is 0 Å². The van der Waals surface area contributed by atoms with Crippen LogP contribution >= 0.6 is 23.4 Å². The molecular weight excluding hydrogens is 400 g/mol. The standard InChI is InChI=1S/C15H15ClN4O6S/c1-6(21)26-4-7-5-27-14-9(13(23)20(14)10(7)15(24)25)18-12(22)11-8(16)3-17-19(11)2/h3,9,14H,4-5H2,1-2H3,(H,18,22)(H,24,25)/t9-,14+/m1/s1. The van der Waals surface area contributed by atoms with Crippen LogP contribution in [0.2, 0.25) is 5.02 Å². The maximum atomic E-state index is 12.5. The first-order valence-electron chi connectivity index (χ1n) is 7.74. The molecule has 2 aliphatic heterocycles. The summed E-state index contributed by atoms with van der Waals surface area (Å²) < 4.78 is 6.15. The van der Waals surface area contributed by atoms with Gasteiger partial charge in [0.25, 0.3) is 11.8 Å². The van der Waals surface area contributed by atoms with Crippen molar-refractivity contribution in [2.45, 2.75) is 18.3 Å². The number of amides is 2. The van der Waals surface area contributed by atoms with Crippen LogP contribution < -0.4 is 5.32 Å². The third-order valence-corrected chi connectivity index (χ3v) is 5.71. The Kier molecular flexibility index (Phi) is 5.16. The molecule has 0 aromatic carbocycles. The van der Waals surface area contributed by atoms with Crippen LogP contribution in [0.25, 0.3) is 0 Å². The number of aromatic nitrogens is 2. The summed E-state index contributed by atoms with van der Waals surface area (Å²) in [6, 6.07) is -0.891. The molecule has 0 bridgehead atoms. The van der Waals surface area contributed by atoms with Gasteiger partial charge in [-0.2, -0.15) is 5.10 Å². The number of ether oxygens (including phenoxy) is 1. The number of esters is 1. The molecule has 3 rings (SSSR count). The Morgan fingerprint density at radius 3 is 2.74 bits per heavy atom. The molecule has 1 aromatic heterocycles. The topological polar surface area (TPSA) is 131 Å². The zero-order valence-electron chi connectivity index (χ0n) is 14.3. The molecule has 1 aromatic rings. The van der Waals surface area contributed by atoms with E-state index in [1.165, 1.54) is 36.6 Å². The van der Waals surface area contributed by atoms with E-state index in [2.05, 4.69) is 10.4 Å². The summed E-state index contributed by atoms with van der Waals surface area (Å²) in [5.41, 5.74) is 0.217. The smallest absolute Gasteiger partial charge is 0.352 e. The van der Waals surface area contributed by atoms with Gasteiger partial charge in [0, 0.05) is 25.3 Å². The van der Waals surface area contributed by atoms with Gasteiger partial charge in [-0.05, 0) is 0 Å². The SMILES string of the molecule is CC(=O)OCC1=C(C(=O)O)N2C(=O)[C@@H](NC(=O)c3c(Cl)cnn3C)[C@@H]2SC1. The van der Waals surface area contributed by atoms with Crippen LogP contribution in [0.5, 0.6) is 0 Å². The third kappa shape index (κ3) is 3.39. The average molecular weight is 415 g/mol. The highest BCUT2D eigenvalue weighted by atomic mass is 35.5. The van der Waals surface area contributed by atoms with E-state index in [1.807, 2.05) is 0 Å². The number of nitrogens with one attached hydrogen (secondary N) is 1. The Morgan fingerprint density at radius 2 is 2.19 bits per heavy atom. The number of β-lactam (4-membered cyclic amide) rings is 1. The van der Waals surface area contributed by atoms with Crippen molar-refractivity contribution in [2.24, 2.45) is 7.05 Å². The maximum absolute atomic E-state index is 12.5. The number of carbonyl (C=O) groups is 4. The molecule has 0 unspecified atom stereocenters. The second-order valence-corrected chi connectivity index (χ2v) is 7.38. The predicted molar refractivity (Wildman–Crippen MR) is 93.9 cm³/mol. The first kappa shape index (κ1) is 19.2. The highest BCUT2D eigenvalue weighted by Crippen LogP contribution is 2.40. The molecule has 0 aliphatic carbocycles. The molecule has 2 aliphatic rings. The molecule has 144 valence electrons. The molecule has 1 fully saturated rings. The minimum absolute atomic E-state index is 0.105. The van der Waals surface area contributed by atoms with Crippen LogP contribution in [0.1, 0.15) is 17.4 Å². The minimum Gasteiger partial charge on any atom is -0.477 e. The molecule has 1 saturated heterocycles. The second-order valence-electron chi connectivity index (χ2n) is 5.86. The molecule has 12 heteroatoms. The second kappa shape index (κ2) is 7.24. The maximum Gasteiger partial charge on any atom is 0.352 e. The lowest BCUT2D eigenvalue weighted by atomic mass is 10.0. The number of hydrogen-bond donors (Lipinski definition) is 2. The summed E-state index contributed by atoms with van der Waals surface area (Å²) in [5.74, 6) is -2.73. The first-order chi connectivity index (χ1) is 12.7. The number of aliphatic carboxylic acids is 1. The zero-order valence-corrected chi connectivity index (χ0v) is 15.8. The van der Waals surface area contributed by atoms with Crippen LogP contribution in [-0.4, -0.2) is 67.3 Å². The van der Waals surface area contributed by atoms with Gasteiger partial charge in [0.05, 0.1) is 11.2 Å². The van der Waals surface area contributed by atoms with Gasteiger partial charge in [-0.3, -0.25) is 24.0 Å². The predicted octanol–water partition coefficient (Wildman–Crippen LogP) is -0.0112. The lowest BCUT2D eigenvalue weighted by Crippen LogP contribution is -2.70. The number of nitrogens with zero attached hydrogens (tertiary/aromatic N) is 3. The quantitative estimate of drug-likeness (QED) is 0.508. The van der Waals surface area contributed by atoms with Gasteiger partial charge in [-0.1, -0.05) is 11.6 Å².